The standard InChI is InChI=1S/C16H19F2N3O2S2/c1-25(19,22)12-6-13(17)15(14(18)7-12)23-8-11-9-24-16(21-11)10-2-4-20-5-3-10/h6-7,9-10,19-20H,2-5,8H2,1H3. The SMILES string of the molecule is CS(=N)(=O)c1cc(F)c(OCc2csc(C3CCNCC3)n2)c(F)c1. The maximum Gasteiger partial charge on any atom is 0.191 e. The Balaban J connectivity index is 1.70. The van der Waals surface area contributed by atoms with E-state index in [0.717, 1.165) is 49.3 Å². The second kappa shape index (κ2) is 7.35. The van der Waals surface area contributed by atoms with Crippen LogP contribution in [0.3, 0.4) is 0 Å². The zero-order valence-corrected chi connectivity index (χ0v) is 15.3. The first-order valence-electron chi connectivity index (χ1n) is 7.85. The molecule has 1 unspecified atom stereocenters. The predicted octanol–water partition coefficient (Wildman–Crippen LogP) is 3.50. The van der Waals surface area contributed by atoms with E-state index < -0.39 is 27.1 Å². The number of halogens is 2. The van der Waals surface area contributed by atoms with Gasteiger partial charge >= 0.3 is 0 Å². The summed E-state index contributed by atoms with van der Waals surface area (Å²) >= 11 is 1.54. The van der Waals surface area contributed by atoms with E-state index in [1.54, 1.807) is 0 Å². The number of thiazole rings is 1. The minimum absolute atomic E-state index is 0.0446. The Morgan fingerprint density at radius 1 is 1.36 bits per heavy atom. The van der Waals surface area contributed by atoms with Gasteiger partial charge in [0.05, 0.1) is 25.3 Å². The first-order valence-corrected chi connectivity index (χ1v) is 10.7. The predicted molar refractivity (Wildman–Crippen MR) is 92.7 cm³/mol. The topological polar surface area (TPSA) is 75.1 Å². The molecule has 1 fully saturated rings. The molecule has 1 aromatic heterocycles. The number of nitrogens with one attached hydrogen (secondary N) is 2. The molecule has 0 aliphatic carbocycles. The lowest BCUT2D eigenvalue weighted by Crippen LogP contribution is -2.26. The number of benzene rings is 1. The average Bonchev–Trinajstić information content (AvgIpc) is 3.03. The van der Waals surface area contributed by atoms with Crippen LogP contribution in [0.15, 0.2) is 22.4 Å². The number of hydrogen-bond donors (Lipinski definition) is 2. The van der Waals surface area contributed by atoms with Gasteiger partial charge in [-0.3, -0.25) is 0 Å². The van der Waals surface area contributed by atoms with E-state index in [2.05, 4.69) is 10.3 Å². The van der Waals surface area contributed by atoms with Gasteiger partial charge in [-0.25, -0.2) is 22.8 Å². The Kier molecular flexibility index (Phi) is 5.35. The van der Waals surface area contributed by atoms with Gasteiger partial charge in [-0.05, 0) is 38.1 Å². The molecular weight excluding hydrogens is 368 g/mol. The third-order valence-corrected chi connectivity index (χ3v) is 6.24. The number of nitrogens with zero attached hydrogens (tertiary/aromatic N) is 1. The van der Waals surface area contributed by atoms with Crippen LogP contribution < -0.4 is 10.1 Å². The lowest BCUT2D eigenvalue weighted by Gasteiger charge is -2.20. The van der Waals surface area contributed by atoms with Crippen LogP contribution in [0.4, 0.5) is 8.78 Å². The zero-order chi connectivity index (χ0) is 18.0. The van der Waals surface area contributed by atoms with Crippen LogP contribution in [0.5, 0.6) is 5.75 Å². The summed E-state index contributed by atoms with van der Waals surface area (Å²) in [5.41, 5.74) is 0.626. The molecule has 0 bridgehead atoms. The van der Waals surface area contributed by atoms with Crippen molar-refractivity contribution in [3.63, 3.8) is 0 Å². The summed E-state index contributed by atoms with van der Waals surface area (Å²) in [4.78, 5) is 4.31. The van der Waals surface area contributed by atoms with Crippen molar-refractivity contribution in [2.24, 2.45) is 0 Å². The largest absolute Gasteiger partial charge is 0.481 e. The fourth-order valence-electron chi connectivity index (χ4n) is 2.69. The van der Waals surface area contributed by atoms with Crippen molar-refractivity contribution < 1.29 is 17.7 Å². The normalized spacial score (nSPS) is 18.0. The van der Waals surface area contributed by atoms with Crippen LogP contribution in [-0.4, -0.2) is 28.5 Å². The molecule has 1 aliphatic rings. The molecule has 1 aliphatic heterocycles. The lowest BCUT2D eigenvalue weighted by atomic mass is 9.99. The summed E-state index contributed by atoms with van der Waals surface area (Å²) in [6.07, 6.45) is 3.17. The third-order valence-electron chi connectivity index (χ3n) is 4.04. The van der Waals surface area contributed by atoms with E-state index in [1.807, 2.05) is 5.38 Å². The molecule has 136 valence electrons. The molecule has 3 rings (SSSR count). The average molecular weight is 387 g/mol. The van der Waals surface area contributed by atoms with Gasteiger partial charge in [-0.1, -0.05) is 0 Å². The Bertz CT molecular complexity index is 839. The summed E-state index contributed by atoms with van der Waals surface area (Å²) in [5, 5.41) is 6.16. The lowest BCUT2D eigenvalue weighted by molar-refractivity contribution is 0.269. The fourth-order valence-corrected chi connectivity index (χ4v) is 4.32. The zero-order valence-electron chi connectivity index (χ0n) is 13.7. The van der Waals surface area contributed by atoms with E-state index in [4.69, 9.17) is 9.52 Å². The minimum atomic E-state index is -3.19. The molecule has 1 saturated heterocycles. The number of hydrogen-bond acceptors (Lipinski definition) is 6. The highest BCUT2D eigenvalue weighted by Gasteiger charge is 2.20. The van der Waals surface area contributed by atoms with E-state index in [0.29, 0.717) is 11.6 Å². The maximum absolute atomic E-state index is 14.0. The van der Waals surface area contributed by atoms with Crippen molar-refractivity contribution in [1.82, 2.24) is 10.3 Å². The monoisotopic (exact) mass is 387 g/mol. The van der Waals surface area contributed by atoms with Gasteiger partial charge < -0.3 is 10.1 Å². The first kappa shape index (κ1) is 18.2. The fraction of sp³-hybridized carbons (Fsp3) is 0.438. The smallest absolute Gasteiger partial charge is 0.191 e. The van der Waals surface area contributed by atoms with Gasteiger partial charge in [0.15, 0.2) is 17.4 Å². The summed E-state index contributed by atoms with van der Waals surface area (Å²) < 4.78 is 52.4. The van der Waals surface area contributed by atoms with Crippen molar-refractivity contribution in [1.29, 1.82) is 4.78 Å². The number of piperidine rings is 1. The van der Waals surface area contributed by atoms with Crippen LogP contribution >= 0.6 is 11.3 Å². The molecule has 1 atom stereocenters. The van der Waals surface area contributed by atoms with Crippen LogP contribution in [0, 0.1) is 16.4 Å². The number of rotatable bonds is 5. The van der Waals surface area contributed by atoms with Gasteiger partial charge in [-0.2, -0.15) is 0 Å². The van der Waals surface area contributed by atoms with Gasteiger partial charge in [-0.15, -0.1) is 11.3 Å². The van der Waals surface area contributed by atoms with Gasteiger partial charge in [0.25, 0.3) is 0 Å². The van der Waals surface area contributed by atoms with Crippen LogP contribution in [0.25, 0.3) is 0 Å². The summed E-state index contributed by atoms with van der Waals surface area (Å²) in [5.74, 6) is -2.05. The van der Waals surface area contributed by atoms with E-state index in [-0.39, 0.29) is 11.5 Å². The summed E-state index contributed by atoms with van der Waals surface area (Å²) in [6.45, 7) is 1.89. The Morgan fingerprint density at radius 3 is 2.60 bits per heavy atom. The second-order valence-corrected chi connectivity index (χ2v) is 9.10. The minimum Gasteiger partial charge on any atom is -0.481 e. The van der Waals surface area contributed by atoms with Crippen molar-refractivity contribution in [3.05, 3.63) is 39.8 Å². The molecular formula is C16H19F2N3O2S2. The summed E-state index contributed by atoms with van der Waals surface area (Å²) in [6, 6.07) is 1.77. The van der Waals surface area contributed by atoms with Gasteiger partial charge in [0.1, 0.15) is 6.61 Å². The van der Waals surface area contributed by atoms with Crippen molar-refractivity contribution in [2.45, 2.75) is 30.3 Å². The van der Waals surface area contributed by atoms with Crippen molar-refractivity contribution in [3.8, 4) is 5.75 Å². The van der Waals surface area contributed by atoms with Crippen molar-refractivity contribution >= 4 is 21.1 Å². The quantitative estimate of drug-likeness (QED) is 0.823. The number of aromatic nitrogens is 1. The molecule has 0 saturated carbocycles. The van der Waals surface area contributed by atoms with Crippen molar-refractivity contribution in [2.75, 3.05) is 19.3 Å². The van der Waals surface area contributed by atoms with Gasteiger partial charge in [0, 0.05) is 17.6 Å². The molecule has 2 aromatic rings. The molecule has 2 N–H and O–H groups in total. The molecule has 0 spiro atoms. The van der Waals surface area contributed by atoms with Gasteiger partial charge in [0.2, 0.25) is 0 Å². The molecule has 5 nitrogen and oxygen atoms in total. The highest BCUT2D eigenvalue weighted by Crippen LogP contribution is 2.29. The Morgan fingerprint density at radius 2 is 2.00 bits per heavy atom. The first-order chi connectivity index (χ1) is 11.8. The molecule has 9 heteroatoms. The highest BCUT2D eigenvalue weighted by molar-refractivity contribution is 7.91. The highest BCUT2D eigenvalue weighted by atomic mass is 32.2. The molecule has 0 amide bonds. The van der Waals surface area contributed by atoms with Crippen LogP contribution in [0.2, 0.25) is 0 Å². The molecule has 2 heterocycles. The number of ether oxygens (including phenoxy) is 1. The Labute approximate surface area is 149 Å². The van der Waals surface area contributed by atoms with Crippen LogP contribution in [0.1, 0.15) is 29.5 Å². The second-order valence-electron chi connectivity index (χ2n) is 6.05. The van der Waals surface area contributed by atoms with Crippen LogP contribution in [-0.2, 0) is 16.3 Å². The van der Waals surface area contributed by atoms with E-state index in [1.165, 1.54) is 11.3 Å². The molecule has 1 aromatic carbocycles. The molecule has 0 radical (unpaired) electrons. The van der Waals surface area contributed by atoms with E-state index in [9.17, 15) is 13.0 Å². The molecule has 25 heavy (non-hydrogen) atoms. The third kappa shape index (κ3) is 4.34. The maximum atomic E-state index is 14.0. The Hall–Kier alpha value is -1.58. The van der Waals surface area contributed by atoms with E-state index >= 15 is 0 Å². The summed E-state index contributed by atoms with van der Waals surface area (Å²) in [7, 11) is -3.19.